The van der Waals surface area contributed by atoms with Gasteiger partial charge in [0.1, 0.15) is 12.8 Å². The van der Waals surface area contributed by atoms with E-state index >= 15 is 0 Å². The van der Waals surface area contributed by atoms with E-state index in [-0.39, 0.29) is 49.3 Å². The van der Waals surface area contributed by atoms with Gasteiger partial charge < -0.3 is 25.0 Å². The third kappa shape index (κ3) is 2.57. The van der Waals surface area contributed by atoms with Gasteiger partial charge in [-0.15, -0.1) is 0 Å². The van der Waals surface area contributed by atoms with Crippen molar-refractivity contribution in [2.45, 2.75) is 44.2 Å². The van der Waals surface area contributed by atoms with E-state index in [1.807, 2.05) is 24.3 Å². The largest absolute Gasteiger partial charge is 0.458 e. The Morgan fingerprint density at radius 1 is 1.33 bits per heavy atom. The number of cyclic esters (lactones) is 1. The van der Waals surface area contributed by atoms with Crippen molar-refractivity contribution < 1.29 is 24.5 Å². The molecule has 4 heterocycles. The normalized spacial score (nSPS) is 28.6. The van der Waals surface area contributed by atoms with Crippen molar-refractivity contribution in [2.75, 3.05) is 18.5 Å². The van der Waals surface area contributed by atoms with Crippen LogP contribution in [-0.2, 0) is 32.9 Å². The molecule has 0 amide bonds. The van der Waals surface area contributed by atoms with Gasteiger partial charge in [0.15, 0.2) is 5.60 Å². The van der Waals surface area contributed by atoms with E-state index in [0.717, 1.165) is 11.3 Å². The fraction of sp³-hybridized carbons (Fsp3) is 0.455. The molecule has 0 saturated carbocycles. The molecule has 4 atom stereocenters. The molecular weight excluding hydrogens is 388 g/mol. The molecule has 1 aromatic carbocycles. The number of pyridine rings is 1. The van der Waals surface area contributed by atoms with Crippen LogP contribution in [0.2, 0.25) is 0 Å². The smallest absolute Gasteiger partial charge is 0.343 e. The summed E-state index contributed by atoms with van der Waals surface area (Å²) in [7, 11) is 0. The average molecular weight is 412 g/mol. The maximum absolute atomic E-state index is 13.5. The molecule has 8 nitrogen and oxygen atoms in total. The zero-order valence-corrected chi connectivity index (χ0v) is 16.6. The van der Waals surface area contributed by atoms with Gasteiger partial charge in [-0.3, -0.25) is 9.36 Å². The number of para-hydroxylation sites is 1. The minimum absolute atomic E-state index is 0.0747. The van der Waals surface area contributed by atoms with Crippen molar-refractivity contribution in [3.8, 4) is 0 Å². The van der Waals surface area contributed by atoms with Crippen LogP contribution in [0.1, 0.15) is 48.0 Å². The number of aromatic nitrogens is 1. The Bertz CT molecular complexity index is 1080. The molecule has 2 aromatic rings. The van der Waals surface area contributed by atoms with E-state index in [1.165, 1.54) is 0 Å². The number of nitrogens with one attached hydrogen (secondary N) is 1. The molecule has 0 aliphatic carbocycles. The third-order valence-electron chi connectivity index (χ3n) is 6.55. The third-order valence-corrected chi connectivity index (χ3v) is 6.55. The minimum atomic E-state index is -1.84. The first kappa shape index (κ1) is 19.3. The second-order valence-electron chi connectivity index (χ2n) is 8.06. The molecular formula is C22H24N2O6. The molecule has 158 valence electrons. The molecule has 2 unspecified atom stereocenters. The summed E-state index contributed by atoms with van der Waals surface area (Å²) in [6.45, 7) is 1.46. The van der Waals surface area contributed by atoms with Gasteiger partial charge in [-0.1, -0.05) is 25.1 Å². The number of benzene rings is 1. The number of rotatable bonds is 4. The molecule has 3 aliphatic heterocycles. The van der Waals surface area contributed by atoms with Gasteiger partial charge in [0.25, 0.3) is 5.56 Å². The Labute approximate surface area is 173 Å². The Morgan fingerprint density at radius 2 is 2.13 bits per heavy atom. The summed E-state index contributed by atoms with van der Waals surface area (Å²) in [4.78, 5) is 25.8. The zero-order valence-electron chi connectivity index (χ0n) is 16.6. The minimum Gasteiger partial charge on any atom is -0.458 e. The van der Waals surface area contributed by atoms with E-state index in [2.05, 4.69) is 5.32 Å². The zero-order chi connectivity index (χ0) is 21.0. The van der Waals surface area contributed by atoms with Crippen LogP contribution in [0.15, 0.2) is 35.1 Å². The van der Waals surface area contributed by atoms with Crippen LogP contribution in [0.5, 0.6) is 0 Å². The summed E-state index contributed by atoms with van der Waals surface area (Å²) >= 11 is 0. The molecule has 8 heteroatoms. The number of aliphatic hydroxyl groups is 2. The van der Waals surface area contributed by atoms with Crippen LogP contribution >= 0.6 is 0 Å². The molecule has 0 spiro atoms. The molecule has 0 radical (unpaired) electrons. The first-order valence-corrected chi connectivity index (χ1v) is 10.2. The molecule has 0 saturated heterocycles. The van der Waals surface area contributed by atoms with Gasteiger partial charge >= 0.3 is 5.97 Å². The summed E-state index contributed by atoms with van der Waals surface area (Å²) in [5, 5.41) is 23.8. The second kappa shape index (κ2) is 6.94. The lowest BCUT2D eigenvalue weighted by molar-refractivity contribution is -0.172. The first-order valence-electron chi connectivity index (χ1n) is 10.2. The van der Waals surface area contributed by atoms with Crippen molar-refractivity contribution in [3.05, 3.63) is 63.1 Å². The summed E-state index contributed by atoms with van der Waals surface area (Å²) in [6.07, 6.45) is 0.239. The fourth-order valence-electron chi connectivity index (χ4n) is 5.00. The highest BCUT2D eigenvalue weighted by Crippen LogP contribution is 2.48. The number of fused-ring (bicyclic) bond motifs is 5. The summed E-state index contributed by atoms with van der Waals surface area (Å²) in [6, 6.07) is 9.49. The number of ether oxygens (including phenoxy) is 2. The molecule has 30 heavy (non-hydrogen) atoms. The van der Waals surface area contributed by atoms with Crippen molar-refractivity contribution in [1.29, 1.82) is 0 Å². The maximum Gasteiger partial charge on any atom is 0.343 e. The van der Waals surface area contributed by atoms with Gasteiger partial charge in [-0.2, -0.15) is 0 Å². The van der Waals surface area contributed by atoms with Crippen LogP contribution < -0.4 is 10.9 Å². The van der Waals surface area contributed by atoms with Gasteiger partial charge in [0, 0.05) is 22.9 Å². The van der Waals surface area contributed by atoms with Crippen molar-refractivity contribution >= 4 is 11.7 Å². The fourth-order valence-corrected chi connectivity index (χ4v) is 5.00. The van der Waals surface area contributed by atoms with Crippen molar-refractivity contribution in [1.82, 2.24) is 4.57 Å². The van der Waals surface area contributed by atoms with Gasteiger partial charge in [-0.25, -0.2) is 4.79 Å². The molecule has 3 aliphatic rings. The Hall–Kier alpha value is -2.68. The lowest BCUT2D eigenvalue weighted by Crippen LogP contribution is -2.45. The average Bonchev–Trinajstić information content (AvgIpc) is 3.06. The van der Waals surface area contributed by atoms with Crippen LogP contribution in [0, 0.1) is 5.92 Å². The van der Waals surface area contributed by atoms with E-state index in [9.17, 15) is 19.8 Å². The van der Waals surface area contributed by atoms with E-state index in [4.69, 9.17) is 9.47 Å². The standard InChI is InChI=1S/C22H24N2O6/c1-2-22(28)15-10-17-18-13(9-12-5-3-4-6-16(12)23-18)20(29-8-7-25)24(17)19(26)14(15)11-30-21(22)27/h3-6,10,13,18,20,23,25,28H,2,7-9,11H2,1H3/t13?,18?,20-,22-/m0/s1. The highest BCUT2D eigenvalue weighted by Gasteiger charge is 2.50. The number of esters is 1. The molecule has 0 bridgehead atoms. The van der Waals surface area contributed by atoms with Crippen LogP contribution in [0.25, 0.3) is 0 Å². The summed E-state index contributed by atoms with van der Waals surface area (Å²) in [5.74, 6) is -0.805. The van der Waals surface area contributed by atoms with E-state index < -0.39 is 17.8 Å². The highest BCUT2D eigenvalue weighted by atomic mass is 16.6. The number of hydrogen-bond donors (Lipinski definition) is 3. The quantitative estimate of drug-likeness (QED) is 0.650. The van der Waals surface area contributed by atoms with Gasteiger partial charge in [-0.05, 0) is 30.5 Å². The van der Waals surface area contributed by atoms with Crippen LogP contribution in [0.3, 0.4) is 0 Å². The van der Waals surface area contributed by atoms with Crippen LogP contribution in [-0.4, -0.2) is 34.0 Å². The first-order chi connectivity index (χ1) is 14.5. The Balaban J connectivity index is 1.70. The topological polar surface area (TPSA) is 110 Å². The monoisotopic (exact) mass is 412 g/mol. The van der Waals surface area contributed by atoms with Gasteiger partial charge in [0.2, 0.25) is 0 Å². The van der Waals surface area contributed by atoms with Crippen molar-refractivity contribution in [2.24, 2.45) is 5.92 Å². The lowest BCUT2D eigenvalue weighted by atomic mass is 9.84. The number of carbonyl (C=O) groups excluding carboxylic acids is 1. The number of hydrogen-bond acceptors (Lipinski definition) is 7. The molecule has 5 rings (SSSR count). The maximum atomic E-state index is 13.5. The number of anilines is 1. The molecule has 3 N–H and O–H groups in total. The van der Waals surface area contributed by atoms with Gasteiger partial charge in [0.05, 0.1) is 24.8 Å². The highest BCUT2D eigenvalue weighted by molar-refractivity contribution is 5.83. The number of aliphatic hydroxyl groups excluding tert-OH is 1. The Kier molecular flexibility index (Phi) is 4.46. The second-order valence-corrected chi connectivity index (χ2v) is 8.06. The molecule has 0 fully saturated rings. The number of nitrogens with zero attached hydrogens (tertiary/aromatic N) is 1. The van der Waals surface area contributed by atoms with Crippen LogP contribution in [0.4, 0.5) is 5.69 Å². The summed E-state index contributed by atoms with van der Waals surface area (Å²) in [5.41, 5.74) is 1.21. The molecule has 1 aromatic heterocycles. The predicted molar refractivity (Wildman–Crippen MR) is 107 cm³/mol. The SMILES string of the molecule is CC[C@@]1(O)C(=O)OCc2c1cc1n(c2=O)[C@@H](OCCO)C2Cc3ccccc3NC12. The predicted octanol–water partition coefficient (Wildman–Crippen LogP) is 1.35. The lowest BCUT2D eigenvalue weighted by Gasteiger charge is -2.32. The number of carbonyl (C=O) groups is 1. The van der Waals surface area contributed by atoms with E-state index in [0.29, 0.717) is 17.7 Å². The van der Waals surface area contributed by atoms with Crippen molar-refractivity contribution in [3.63, 3.8) is 0 Å². The van der Waals surface area contributed by atoms with E-state index in [1.54, 1.807) is 17.6 Å². The summed E-state index contributed by atoms with van der Waals surface area (Å²) < 4.78 is 12.7. The Morgan fingerprint density at radius 3 is 2.90 bits per heavy atom.